The first-order valence-electron chi connectivity index (χ1n) is 14.5. The molecule has 2 heterocycles. The summed E-state index contributed by atoms with van der Waals surface area (Å²) in [5.74, 6) is 0. The van der Waals surface area contributed by atoms with Crippen LogP contribution in [0, 0.1) is 0 Å². The first-order chi connectivity index (χ1) is 21.3. The van der Waals surface area contributed by atoms with Gasteiger partial charge >= 0.3 is 0 Å². The third-order valence-electron chi connectivity index (χ3n) is 8.59. The van der Waals surface area contributed by atoms with Crippen molar-refractivity contribution in [3.8, 4) is 33.4 Å². The Labute approximate surface area is 247 Å². The van der Waals surface area contributed by atoms with Crippen molar-refractivity contribution in [2.45, 2.75) is 0 Å². The Bertz CT molecular complexity index is 2450. The molecule has 3 heteroatoms. The first-order valence-corrected chi connectivity index (χ1v) is 14.5. The highest BCUT2D eigenvalue weighted by molar-refractivity contribution is 6.23. The minimum atomic E-state index is 0.920. The molecule has 0 aliphatic carbocycles. The number of para-hydroxylation sites is 1. The van der Waals surface area contributed by atoms with Crippen LogP contribution < -0.4 is 0 Å². The SMILES string of the molecule is c1ccc2c(c1)oc1ccc(-c3ccc(-c4ccc(-c5ccc6c(c5)c5ccccc5c5nccnc65)cc4)cc3)cc12. The van der Waals surface area contributed by atoms with Crippen LogP contribution in [0.2, 0.25) is 0 Å². The summed E-state index contributed by atoms with van der Waals surface area (Å²) in [4.78, 5) is 9.34. The van der Waals surface area contributed by atoms with Crippen molar-refractivity contribution in [1.29, 1.82) is 0 Å². The van der Waals surface area contributed by atoms with Crippen molar-refractivity contribution in [3.63, 3.8) is 0 Å². The lowest BCUT2D eigenvalue weighted by Crippen LogP contribution is -1.89. The Morgan fingerprint density at radius 1 is 0.326 bits per heavy atom. The number of hydrogen-bond donors (Lipinski definition) is 0. The van der Waals surface area contributed by atoms with Crippen LogP contribution in [0.25, 0.3) is 87.9 Å². The van der Waals surface area contributed by atoms with Gasteiger partial charge < -0.3 is 4.42 Å². The predicted octanol–water partition coefficient (Wildman–Crippen LogP) is 10.8. The van der Waals surface area contributed by atoms with Gasteiger partial charge in [0.05, 0.1) is 11.0 Å². The molecule has 9 rings (SSSR count). The molecule has 0 unspecified atom stereocenters. The quantitative estimate of drug-likeness (QED) is 0.206. The van der Waals surface area contributed by atoms with Crippen molar-refractivity contribution in [2.24, 2.45) is 0 Å². The van der Waals surface area contributed by atoms with E-state index in [1.54, 1.807) is 12.4 Å². The molecular formula is C40H24N2O. The fourth-order valence-corrected chi connectivity index (χ4v) is 6.43. The van der Waals surface area contributed by atoms with Gasteiger partial charge in [-0.1, -0.05) is 109 Å². The number of rotatable bonds is 3. The van der Waals surface area contributed by atoms with Crippen LogP contribution in [0.4, 0.5) is 0 Å². The Balaban J connectivity index is 1.05. The third-order valence-corrected chi connectivity index (χ3v) is 8.59. The van der Waals surface area contributed by atoms with Crippen molar-refractivity contribution >= 4 is 54.5 Å². The summed E-state index contributed by atoms with van der Waals surface area (Å²) in [6.45, 7) is 0. The molecule has 0 spiro atoms. The average molecular weight is 549 g/mol. The van der Waals surface area contributed by atoms with Crippen LogP contribution in [0.15, 0.2) is 150 Å². The second kappa shape index (κ2) is 9.37. The van der Waals surface area contributed by atoms with Crippen molar-refractivity contribution in [2.75, 3.05) is 0 Å². The van der Waals surface area contributed by atoms with Gasteiger partial charge in [0.2, 0.25) is 0 Å². The minimum Gasteiger partial charge on any atom is -0.456 e. The molecule has 0 radical (unpaired) electrons. The number of furan rings is 1. The van der Waals surface area contributed by atoms with Gasteiger partial charge in [-0.25, -0.2) is 0 Å². The topological polar surface area (TPSA) is 38.9 Å². The second-order valence-electron chi connectivity index (χ2n) is 11.0. The van der Waals surface area contributed by atoms with Crippen LogP contribution in [0.1, 0.15) is 0 Å². The molecule has 0 atom stereocenters. The molecule has 2 aromatic heterocycles. The van der Waals surface area contributed by atoms with Crippen LogP contribution in [-0.2, 0) is 0 Å². The summed E-state index contributed by atoms with van der Waals surface area (Å²) in [5.41, 5.74) is 10.9. The molecule has 200 valence electrons. The number of nitrogens with zero attached hydrogens (tertiary/aromatic N) is 2. The predicted molar refractivity (Wildman–Crippen MR) is 178 cm³/mol. The van der Waals surface area contributed by atoms with Crippen LogP contribution in [0.3, 0.4) is 0 Å². The summed E-state index contributed by atoms with van der Waals surface area (Å²) in [5, 5.41) is 6.95. The monoisotopic (exact) mass is 548 g/mol. The fraction of sp³-hybridized carbons (Fsp3) is 0. The van der Waals surface area contributed by atoms with Crippen molar-refractivity contribution < 1.29 is 4.42 Å². The van der Waals surface area contributed by atoms with Gasteiger partial charge in [-0.05, 0) is 68.4 Å². The number of hydrogen-bond acceptors (Lipinski definition) is 3. The Hall–Kier alpha value is -5.80. The summed E-state index contributed by atoms with van der Waals surface area (Å²) >= 11 is 0. The molecule has 0 aliphatic heterocycles. The maximum atomic E-state index is 6.01. The van der Waals surface area contributed by atoms with Gasteiger partial charge in [0, 0.05) is 33.9 Å². The molecule has 7 aromatic carbocycles. The van der Waals surface area contributed by atoms with Gasteiger partial charge in [-0.15, -0.1) is 0 Å². The lowest BCUT2D eigenvalue weighted by Gasteiger charge is -2.11. The zero-order chi connectivity index (χ0) is 28.3. The van der Waals surface area contributed by atoms with Crippen molar-refractivity contribution in [3.05, 3.63) is 146 Å². The van der Waals surface area contributed by atoms with E-state index in [1.165, 1.54) is 44.2 Å². The third kappa shape index (κ3) is 3.83. The Morgan fingerprint density at radius 2 is 0.767 bits per heavy atom. The summed E-state index contributed by atoms with van der Waals surface area (Å²) in [7, 11) is 0. The molecular weight excluding hydrogens is 524 g/mol. The highest BCUT2D eigenvalue weighted by Crippen LogP contribution is 2.36. The number of benzene rings is 7. The van der Waals surface area contributed by atoms with E-state index in [0.29, 0.717) is 0 Å². The maximum absolute atomic E-state index is 6.01. The molecule has 0 bridgehead atoms. The van der Waals surface area contributed by atoms with E-state index < -0.39 is 0 Å². The molecule has 0 aliphatic rings. The molecule has 0 N–H and O–H groups in total. The van der Waals surface area contributed by atoms with E-state index in [-0.39, 0.29) is 0 Å². The lowest BCUT2D eigenvalue weighted by atomic mass is 9.94. The van der Waals surface area contributed by atoms with Gasteiger partial charge in [0.15, 0.2) is 0 Å². The van der Waals surface area contributed by atoms with E-state index in [1.807, 2.05) is 12.1 Å². The van der Waals surface area contributed by atoms with E-state index in [0.717, 1.165) is 43.7 Å². The van der Waals surface area contributed by atoms with E-state index in [2.05, 4.69) is 131 Å². The smallest absolute Gasteiger partial charge is 0.135 e. The highest BCUT2D eigenvalue weighted by Gasteiger charge is 2.12. The Morgan fingerprint density at radius 3 is 1.42 bits per heavy atom. The standard InChI is InChI=1S/C40H24N2O/c1-2-7-33-31(5-1)35-23-29(17-19-34(35)40-39(33)41-21-22-42-40)27-13-9-25(10-14-27)26-11-15-28(16-12-26)30-18-20-38-36(24-30)32-6-3-4-8-37(32)43-38/h1-24H. The molecule has 0 saturated heterocycles. The number of fused-ring (bicyclic) bond motifs is 9. The van der Waals surface area contributed by atoms with E-state index in [9.17, 15) is 0 Å². The van der Waals surface area contributed by atoms with E-state index in [4.69, 9.17) is 4.42 Å². The zero-order valence-corrected chi connectivity index (χ0v) is 23.2. The molecule has 9 aromatic rings. The molecule has 0 saturated carbocycles. The summed E-state index contributed by atoms with van der Waals surface area (Å²) < 4.78 is 6.01. The second-order valence-corrected chi connectivity index (χ2v) is 11.0. The zero-order valence-electron chi connectivity index (χ0n) is 23.2. The van der Waals surface area contributed by atoms with Gasteiger partial charge in [-0.3, -0.25) is 9.97 Å². The summed E-state index contributed by atoms with van der Waals surface area (Å²) in [6, 6.07) is 47.4. The van der Waals surface area contributed by atoms with Crippen LogP contribution in [0.5, 0.6) is 0 Å². The molecule has 0 amide bonds. The van der Waals surface area contributed by atoms with Crippen LogP contribution >= 0.6 is 0 Å². The summed E-state index contributed by atoms with van der Waals surface area (Å²) in [6.07, 6.45) is 3.54. The van der Waals surface area contributed by atoms with Crippen molar-refractivity contribution in [1.82, 2.24) is 9.97 Å². The van der Waals surface area contributed by atoms with Crippen LogP contribution in [-0.4, -0.2) is 9.97 Å². The van der Waals surface area contributed by atoms with E-state index >= 15 is 0 Å². The van der Waals surface area contributed by atoms with Gasteiger partial charge in [0.1, 0.15) is 11.2 Å². The lowest BCUT2D eigenvalue weighted by molar-refractivity contribution is 0.669. The Kier molecular flexibility index (Phi) is 5.20. The molecule has 43 heavy (non-hydrogen) atoms. The molecule has 0 fully saturated rings. The fourth-order valence-electron chi connectivity index (χ4n) is 6.43. The van der Waals surface area contributed by atoms with Gasteiger partial charge in [-0.2, -0.15) is 0 Å². The molecule has 3 nitrogen and oxygen atoms in total. The number of aromatic nitrogens is 2. The van der Waals surface area contributed by atoms with Gasteiger partial charge in [0.25, 0.3) is 0 Å². The largest absolute Gasteiger partial charge is 0.456 e. The maximum Gasteiger partial charge on any atom is 0.135 e. The normalized spacial score (nSPS) is 11.7. The average Bonchev–Trinajstić information content (AvgIpc) is 3.46. The minimum absolute atomic E-state index is 0.920. The highest BCUT2D eigenvalue weighted by atomic mass is 16.3. The first kappa shape index (κ1) is 23.9.